The molecule has 0 unspecified atom stereocenters. The van der Waals surface area contributed by atoms with E-state index in [9.17, 15) is 14.7 Å². The number of hydrogen-bond acceptors (Lipinski definition) is 6. The van der Waals surface area contributed by atoms with Crippen LogP contribution in [0.4, 0.5) is 4.79 Å². The van der Waals surface area contributed by atoms with Crippen LogP contribution in [0.5, 0.6) is 0 Å². The van der Waals surface area contributed by atoms with Gasteiger partial charge in [0, 0.05) is 17.8 Å². The van der Waals surface area contributed by atoms with Crippen molar-refractivity contribution in [3.8, 4) is 0 Å². The van der Waals surface area contributed by atoms with Crippen LogP contribution in [0, 0.1) is 17.8 Å². The minimum Gasteiger partial charge on any atom is -0.512 e. The number of hydrogen-bond donors (Lipinski definition) is 1. The molecule has 32 heavy (non-hydrogen) atoms. The van der Waals surface area contributed by atoms with Crippen molar-refractivity contribution in [2.45, 2.75) is 85.0 Å². The van der Waals surface area contributed by atoms with Crippen molar-refractivity contribution in [3.63, 3.8) is 0 Å². The normalized spacial score (nSPS) is 26.9. The van der Waals surface area contributed by atoms with Gasteiger partial charge in [-0.3, -0.25) is 4.90 Å². The molecule has 2 aliphatic rings. The molecular weight excluding hydrogens is 426 g/mol. The molecule has 7 heteroatoms. The van der Waals surface area contributed by atoms with E-state index in [1.165, 1.54) is 16.2 Å². The van der Waals surface area contributed by atoms with Gasteiger partial charge in [-0.15, -0.1) is 11.3 Å². The Kier molecular flexibility index (Phi) is 7.58. The van der Waals surface area contributed by atoms with Gasteiger partial charge in [0.05, 0.1) is 0 Å². The lowest BCUT2D eigenvalue weighted by molar-refractivity contribution is -0.152. The molecule has 1 N–H and O–H groups in total. The van der Waals surface area contributed by atoms with Crippen molar-refractivity contribution in [2.24, 2.45) is 17.8 Å². The largest absolute Gasteiger partial charge is 0.512 e. The third kappa shape index (κ3) is 5.66. The minimum atomic E-state index is -0.718. The SMILES string of the molecule is CC(C)[C@@H]1CC[C@@H](C)C[C@H]1OC(=O)C1=C(O)CCN(C(=O)OC(C)(C)C)[C@@H]1c1cccs1. The highest BCUT2D eigenvalue weighted by atomic mass is 32.1. The van der Waals surface area contributed by atoms with Crippen LogP contribution >= 0.6 is 11.3 Å². The lowest BCUT2D eigenvalue weighted by Crippen LogP contribution is -2.45. The summed E-state index contributed by atoms with van der Waals surface area (Å²) in [5, 5.41) is 12.7. The zero-order chi connectivity index (χ0) is 23.6. The maximum absolute atomic E-state index is 13.5. The fourth-order valence-electron chi connectivity index (χ4n) is 4.74. The summed E-state index contributed by atoms with van der Waals surface area (Å²) in [5.41, 5.74) is -0.505. The van der Waals surface area contributed by atoms with Crippen molar-refractivity contribution in [2.75, 3.05) is 6.54 Å². The Morgan fingerprint density at radius 3 is 2.56 bits per heavy atom. The second-order valence-corrected chi connectivity index (χ2v) is 11.5. The van der Waals surface area contributed by atoms with Crippen molar-refractivity contribution in [1.29, 1.82) is 0 Å². The van der Waals surface area contributed by atoms with E-state index in [-0.39, 0.29) is 30.4 Å². The topological polar surface area (TPSA) is 76.1 Å². The predicted molar refractivity (Wildman–Crippen MR) is 125 cm³/mol. The van der Waals surface area contributed by atoms with Crippen LogP contribution in [0.25, 0.3) is 0 Å². The Morgan fingerprint density at radius 2 is 1.97 bits per heavy atom. The summed E-state index contributed by atoms with van der Waals surface area (Å²) in [4.78, 5) is 28.9. The van der Waals surface area contributed by atoms with Crippen molar-refractivity contribution >= 4 is 23.4 Å². The highest BCUT2D eigenvalue weighted by molar-refractivity contribution is 7.10. The minimum absolute atomic E-state index is 0.00170. The number of carbonyl (C=O) groups is 2. The molecule has 2 heterocycles. The molecule has 1 aliphatic heterocycles. The molecule has 3 rings (SSSR count). The van der Waals surface area contributed by atoms with Crippen molar-refractivity contribution in [3.05, 3.63) is 33.7 Å². The molecular formula is C25H37NO5S. The zero-order valence-corrected chi connectivity index (χ0v) is 20.9. The highest BCUT2D eigenvalue weighted by Gasteiger charge is 2.42. The number of rotatable bonds is 4. The molecule has 0 saturated heterocycles. The number of thiophene rings is 1. The Bertz CT molecular complexity index is 839. The highest BCUT2D eigenvalue weighted by Crippen LogP contribution is 2.41. The quantitative estimate of drug-likeness (QED) is 0.534. The molecule has 0 spiro atoms. The molecule has 1 aliphatic carbocycles. The van der Waals surface area contributed by atoms with Crippen molar-refractivity contribution < 1.29 is 24.2 Å². The Morgan fingerprint density at radius 1 is 1.25 bits per heavy atom. The predicted octanol–water partition coefficient (Wildman–Crippen LogP) is 6.25. The first-order valence-corrected chi connectivity index (χ1v) is 12.5. The monoisotopic (exact) mass is 463 g/mol. The van der Waals surface area contributed by atoms with E-state index in [1.807, 2.05) is 38.3 Å². The van der Waals surface area contributed by atoms with Gasteiger partial charge < -0.3 is 14.6 Å². The molecule has 1 aromatic rings. The summed E-state index contributed by atoms with van der Waals surface area (Å²) in [6.07, 6.45) is 2.49. The van der Waals surface area contributed by atoms with Crippen LogP contribution in [0.1, 0.15) is 78.1 Å². The zero-order valence-electron chi connectivity index (χ0n) is 20.1. The summed E-state index contributed by atoms with van der Waals surface area (Å²) in [6, 6.07) is 3.03. The number of carbonyl (C=O) groups excluding carboxylic acids is 2. The first-order valence-electron chi connectivity index (χ1n) is 11.6. The number of esters is 1. The molecule has 0 radical (unpaired) electrons. The molecule has 178 valence electrons. The Labute approximate surface area is 195 Å². The van der Waals surface area contributed by atoms with E-state index in [0.717, 1.165) is 24.1 Å². The van der Waals surface area contributed by atoms with Crippen LogP contribution in [0.15, 0.2) is 28.8 Å². The number of ether oxygens (including phenoxy) is 2. The van der Waals surface area contributed by atoms with Gasteiger partial charge in [-0.1, -0.05) is 33.3 Å². The first-order chi connectivity index (χ1) is 15.0. The Hall–Kier alpha value is -2.02. The van der Waals surface area contributed by atoms with Crippen LogP contribution < -0.4 is 0 Å². The molecule has 1 saturated carbocycles. The second kappa shape index (κ2) is 9.86. The van der Waals surface area contributed by atoms with Crippen molar-refractivity contribution in [1.82, 2.24) is 4.90 Å². The van der Waals surface area contributed by atoms with E-state index in [4.69, 9.17) is 9.47 Å². The average molecular weight is 464 g/mol. The van der Waals surface area contributed by atoms with Crippen LogP contribution in [-0.2, 0) is 14.3 Å². The van der Waals surface area contributed by atoms with E-state index in [0.29, 0.717) is 17.8 Å². The first kappa shape index (κ1) is 24.6. The van der Waals surface area contributed by atoms with Gasteiger partial charge in [0.15, 0.2) is 0 Å². The summed E-state index contributed by atoms with van der Waals surface area (Å²) >= 11 is 1.44. The van der Waals surface area contributed by atoms with E-state index in [1.54, 1.807) is 0 Å². The van der Waals surface area contributed by atoms with Gasteiger partial charge in [0.2, 0.25) is 0 Å². The fraction of sp³-hybridized carbons (Fsp3) is 0.680. The maximum Gasteiger partial charge on any atom is 0.411 e. The maximum atomic E-state index is 13.5. The van der Waals surface area contributed by atoms with Gasteiger partial charge in [-0.05, 0) is 62.8 Å². The summed E-state index contributed by atoms with van der Waals surface area (Å²) in [5.74, 6) is 0.657. The number of aliphatic hydroxyl groups is 1. The summed E-state index contributed by atoms with van der Waals surface area (Å²) in [7, 11) is 0. The smallest absolute Gasteiger partial charge is 0.411 e. The lowest BCUT2D eigenvalue weighted by Gasteiger charge is -2.39. The fourth-order valence-corrected chi connectivity index (χ4v) is 5.59. The molecule has 1 amide bonds. The lowest BCUT2D eigenvalue weighted by atomic mass is 9.75. The molecule has 4 atom stereocenters. The second-order valence-electron chi connectivity index (χ2n) is 10.5. The number of aliphatic hydroxyl groups excluding tert-OH is 1. The summed E-state index contributed by atoms with van der Waals surface area (Å²) in [6.45, 7) is 12.2. The third-order valence-electron chi connectivity index (χ3n) is 6.37. The third-order valence-corrected chi connectivity index (χ3v) is 7.29. The Balaban J connectivity index is 1.91. The molecule has 0 bridgehead atoms. The van der Waals surface area contributed by atoms with Crippen LogP contribution in [0.2, 0.25) is 0 Å². The van der Waals surface area contributed by atoms with Gasteiger partial charge in [0.25, 0.3) is 0 Å². The summed E-state index contributed by atoms with van der Waals surface area (Å²) < 4.78 is 11.7. The van der Waals surface area contributed by atoms with Gasteiger partial charge >= 0.3 is 12.1 Å². The number of nitrogens with zero attached hydrogens (tertiary/aromatic N) is 1. The van der Waals surface area contributed by atoms with E-state index in [2.05, 4.69) is 20.8 Å². The van der Waals surface area contributed by atoms with Gasteiger partial charge in [0.1, 0.15) is 29.1 Å². The molecule has 1 fully saturated rings. The number of amides is 1. The van der Waals surface area contributed by atoms with E-state index >= 15 is 0 Å². The van der Waals surface area contributed by atoms with E-state index < -0.39 is 23.7 Å². The van der Waals surface area contributed by atoms with Gasteiger partial charge in [-0.2, -0.15) is 0 Å². The average Bonchev–Trinajstić information content (AvgIpc) is 3.20. The van der Waals surface area contributed by atoms with Crippen LogP contribution in [-0.4, -0.2) is 40.3 Å². The molecule has 6 nitrogen and oxygen atoms in total. The molecule has 0 aromatic carbocycles. The molecule has 1 aromatic heterocycles. The standard InChI is InChI=1S/C25H37NO5S/c1-15(2)17-10-9-16(3)14-19(17)30-23(28)21-18(27)11-12-26(24(29)31-25(4,5)6)22(21)20-8-7-13-32-20/h7-8,13,15-17,19,22,27H,9-12,14H2,1-6H3/t16-,17+,19-,22-/m1/s1. The van der Waals surface area contributed by atoms with Gasteiger partial charge in [-0.25, -0.2) is 9.59 Å². The van der Waals surface area contributed by atoms with Crippen LogP contribution in [0.3, 0.4) is 0 Å².